The van der Waals surface area contributed by atoms with Gasteiger partial charge in [0.15, 0.2) is 18.4 Å². The van der Waals surface area contributed by atoms with E-state index in [2.05, 4.69) is 23.6 Å². The lowest BCUT2D eigenvalue weighted by molar-refractivity contribution is -0.0553. The molecule has 2 aliphatic rings. The number of aromatic nitrogens is 2. The number of hydrogen-bond donors (Lipinski definition) is 7. The van der Waals surface area contributed by atoms with Crippen LogP contribution < -0.4 is 21.9 Å². The van der Waals surface area contributed by atoms with Crippen molar-refractivity contribution in [2.75, 3.05) is 17.2 Å². The smallest absolute Gasteiger partial charge is 0.439 e. The van der Waals surface area contributed by atoms with Gasteiger partial charge in [-0.15, -0.1) is 0 Å². The number of anilines is 2. The van der Waals surface area contributed by atoms with Gasteiger partial charge in [0.2, 0.25) is 0 Å². The topological polar surface area (TPSA) is 327 Å². The van der Waals surface area contributed by atoms with Gasteiger partial charge in [0.25, 0.3) is 5.56 Å². The molecule has 5 rings (SSSR count). The first-order valence-electron chi connectivity index (χ1n) is 16.1. The van der Waals surface area contributed by atoms with E-state index in [1.54, 1.807) is 36.4 Å². The van der Waals surface area contributed by atoms with E-state index in [0.717, 1.165) is 29.7 Å². The number of amides is 2. The van der Waals surface area contributed by atoms with Gasteiger partial charge in [-0.2, -0.15) is 12.9 Å². The zero-order chi connectivity index (χ0) is 40.7. The number of carbonyl (C=O) groups excluding carboxylic acids is 2. The van der Waals surface area contributed by atoms with Crippen LogP contribution in [0.25, 0.3) is 0 Å². The largest absolute Gasteiger partial charge is 0.490 e. The molecule has 1 aliphatic heterocycles. The predicted octanol–water partition coefficient (Wildman–Crippen LogP) is 4.81. The minimum atomic E-state index is -6.14. The first-order chi connectivity index (χ1) is 26.3. The van der Waals surface area contributed by atoms with Crippen LogP contribution in [0.5, 0.6) is 0 Å². The normalized spacial score (nSPS) is 24.1. The first-order valence-corrected chi connectivity index (χ1v) is 23.6. The van der Waals surface area contributed by atoms with Gasteiger partial charge in [-0.1, -0.05) is 49.2 Å². The Bertz CT molecular complexity index is 2170. The number of rotatable bonds is 16. The quantitative estimate of drug-likeness (QED) is 0.0949. The zero-order valence-electron chi connectivity index (χ0n) is 28.4. The van der Waals surface area contributed by atoms with Gasteiger partial charge in [0, 0.05) is 28.9 Å². The van der Waals surface area contributed by atoms with E-state index in [0.29, 0.717) is 24.2 Å². The summed E-state index contributed by atoms with van der Waals surface area (Å²) in [5.41, 5.74) is -1.47. The number of H-pyrrole nitrogens is 1. The van der Waals surface area contributed by atoms with Gasteiger partial charge in [-0.25, -0.2) is 32.6 Å². The lowest BCUT2D eigenvalue weighted by atomic mass is 10.1. The van der Waals surface area contributed by atoms with Crippen molar-refractivity contribution < 1.29 is 79.1 Å². The highest BCUT2D eigenvalue weighted by molar-refractivity contribution is 8.55. The van der Waals surface area contributed by atoms with Crippen molar-refractivity contribution in [2.24, 2.45) is 0 Å². The molecular formula is C28H34N4O19P4S. The van der Waals surface area contributed by atoms with E-state index in [9.17, 15) is 57.0 Å². The lowest BCUT2D eigenvalue weighted by Crippen LogP contribution is -2.44. The Hall–Kier alpha value is -3.43. The Morgan fingerprint density at radius 1 is 0.768 bits per heavy atom. The second-order valence-electron chi connectivity index (χ2n) is 11.7. The first kappa shape index (κ1) is 43.7. The third-order valence-corrected chi connectivity index (χ3v) is 16.3. The van der Waals surface area contributed by atoms with E-state index in [1.165, 1.54) is 24.3 Å². The second-order valence-corrected chi connectivity index (χ2v) is 20.6. The number of para-hydroxylation sites is 2. The zero-order valence-corrected chi connectivity index (χ0v) is 32.8. The maximum atomic E-state index is 13.1. The average molecular weight is 887 g/mol. The molecule has 1 aliphatic carbocycles. The molecule has 1 aromatic heterocycles. The van der Waals surface area contributed by atoms with Crippen molar-refractivity contribution in [3.8, 4) is 0 Å². The minimum Gasteiger partial charge on any atom is -0.439 e. The molecule has 23 nitrogen and oxygen atoms in total. The molecule has 28 heteroatoms. The molecule has 0 bridgehead atoms. The van der Waals surface area contributed by atoms with Crippen LogP contribution in [0, 0.1) is 0 Å². The number of nitrogens with one attached hydrogen (secondary N) is 3. The fourth-order valence-corrected chi connectivity index (χ4v) is 13.7. The van der Waals surface area contributed by atoms with Gasteiger partial charge in [0.1, 0.15) is 6.10 Å². The molecule has 7 N–H and O–H groups in total. The number of phosphoric acid groups is 3. The summed E-state index contributed by atoms with van der Waals surface area (Å²) in [5.74, 6) is 0. The molecule has 2 heterocycles. The SMILES string of the molecule is O=C(Nc1ccccc1)OC1[C@@H](COP(=O)(O)OP(=O)(O)OP(=O)(O)OP(=O)(O)SC2CCCC2)O[C@@H](n2ccc(=O)[nH]c2=O)[C@H]1OC(=O)Nc1ccccc1. The van der Waals surface area contributed by atoms with Crippen LogP contribution >= 0.6 is 41.6 Å². The second kappa shape index (κ2) is 18.4. The summed E-state index contributed by atoms with van der Waals surface area (Å²) in [6.07, 6.45) is -6.23. The van der Waals surface area contributed by atoms with Crippen molar-refractivity contribution in [3.05, 3.63) is 93.8 Å². The predicted molar refractivity (Wildman–Crippen MR) is 194 cm³/mol. The summed E-state index contributed by atoms with van der Waals surface area (Å²) in [5, 5.41) is 4.38. The van der Waals surface area contributed by atoms with Gasteiger partial charge >= 0.3 is 48.1 Å². The van der Waals surface area contributed by atoms with Gasteiger partial charge < -0.3 is 33.8 Å². The van der Waals surface area contributed by atoms with E-state index in [4.69, 9.17) is 18.7 Å². The number of aromatic amines is 1. The molecule has 2 aromatic carbocycles. The summed E-state index contributed by atoms with van der Waals surface area (Å²) in [6.45, 7) is -6.20. The van der Waals surface area contributed by atoms with E-state index >= 15 is 0 Å². The van der Waals surface area contributed by atoms with E-state index in [1.807, 2.05) is 4.98 Å². The van der Waals surface area contributed by atoms with Crippen molar-refractivity contribution in [1.29, 1.82) is 0 Å². The van der Waals surface area contributed by atoms with Crippen LogP contribution in [0.4, 0.5) is 21.0 Å². The highest BCUT2D eigenvalue weighted by Gasteiger charge is 2.53. The Morgan fingerprint density at radius 3 is 1.84 bits per heavy atom. The minimum absolute atomic E-state index is 0.226. The molecule has 1 saturated heterocycles. The summed E-state index contributed by atoms with van der Waals surface area (Å²) in [4.78, 5) is 93.1. The Morgan fingerprint density at radius 2 is 1.29 bits per heavy atom. The summed E-state index contributed by atoms with van der Waals surface area (Å²) < 4.78 is 84.8. The Balaban J connectivity index is 1.36. The van der Waals surface area contributed by atoms with Crippen LogP contribution in [0.3, 0.4) is 0 Å². The molecule has 8 atom stereocenters. The molecule has 1 saturated carbocycles. The third kappa shape index (κ3) is 13.1. The number of nitrogens with zero attached hydrogens (tertiary/aromatic N) is 1. The number of ether oxygens (including phenoxy) is 3. The fraction of sp³-hybridized carbons (Fsp3) is 0.357. The number of benzene rings is 2. The van der Waals surface area contributed by atoms with Gasteiger partial charge in [-0.3, -0.25) is 29.5 Å². The van der Waals surface area contributed by atoms with Gasteiger partial charge in [0.05, 0.1) is 6.61 Å². The van der Waals surface area contributed by atoms with Crippen LogP contribution in [-0.2, 0) is 49.9 Å². The fourth-order valence-electron chi connectivity index (χ4n) is 5.36. The number of phosphoric ester groups is 1. The Labute approximate surface area is 319 Å². The molecule has 3 aromatic rings. The van der Waals surface area contributed by atoms with Crippen molar-refractivity contribution in [3.63, 3.8) is 0 Å². The third-order valence-electron chi connectivity index (χ3n) is 7.54. The highest BCUT2D eigenvalue weighted by Crippen LogP contribution is 2.74. The van der Waals surface area contributed by atoms with E-state index in [-0.39, 0.29) is 11.4 Å². The molecular weight excluding hydrogens is 852 g/mol. The Kier molecular flexibility index (Phi) is 14.4. The number of hydrogen-bond acceptors (Lipinski definition) is 16. The molecule has 0 spiro atoms. The van der Waals surface area contributed by atoms with Crippen molar-refractivity contribution in [1.82, 2.24) is 9.55 Å². The monoisotopic (exact) mass is 886 g/mol. The summed E-state index contributed by atoms with van der Waals surface area (Å²) in [6, 6.07) is 16.5. The van der Waals surface area contributed by atoms with Crippen molar-refractivity contribution in [2.45, 2.75) is 55.5 Å². The maximum absolute atomic E-state index is 13.1. The summed E-state index contributed by atoms with van der Waals surface area (Å²) in [7, 11) is -18.0. The average Bonchev–Trinajstić information content (AvgIpc) is 3.70. The highest BCUT2D eigenvalue weighted by atomic mass is 32.7. The standard InChI is InChI=1S/C28H34N4O19P4S/c33-22-15-16-32(26(34)31-22)25-24(48-28(36)30-19-11-5-2-6-12-19)23(47-27(35)29-18-9-3-1-4-10-18)21(46-25)17-45-52(37,38)49-53(39,40)50-54(41,42)51-55(43,44)56-20-13-7-8-14-20/h1-6,9-12,15-16,20-21,23-25H,7-8,13-14,17H2,(H,29,35)(H,30,36)(H,37,38)(H,39,40)(H,41,42)(H,43,44)(H,31,33,34)/t21-,23?,24+,25-/m1/s1. The van der Waals surface area contributed by atoms with Crippen LogP contribution in [0.1, 0.15) is 31.9 Å². The maximum Gasteiger partial charge on any atom is 0.490 e. The van der Waals surface area contributed by atoms with Crippen LogP contribution in [-0.4, -0.2) is 71.5 Å². The van der Waals surface area contributed by atoms with Gasteiger partial charge in [-0.05, 0) is 48.5 Å². The molecule has 2 amide bonds. The van der Waals surface area contributed by atoms with E-state index < -0.39 is 90.1 Å². The lowest BCUT2D eigenvalue weighted by Gasteiger charge is -2.25. The molecule has 2 fully saturated rings. The molecule has 306 valence electrons. The molecule has 0 radical (unpaired) electrons. The molecule has 5 unspecified atom stereocenters. The van der Waals surface area contributed by atoms with Crippen molar-refractivity contribution >= 4 is 65.2 Å². The number of carbonyl (C=O) groups is 2. The molecule has 56 heavy (non-hydrogen) atoms. The summed E-state index contributed by atoms with van der Waals surface area (Å²) >= 11 is 0.314. The van der Waals surface area contributed by atoms with Crippen LogP contribution in [0.15, 0.2) is 82.5 Å². The van der Waals surface area contributed by atoms with Crippen LogP contribution in [0.2, 0.25) is 0 Å².